The van der Waals surface area contributed by atoms with E-state index < -0.39 is 0 Å². The first-order valence-electron chi connectivity index (χ1n) is 7.44. The molecule has 0 radical (unpaired) electrons. The molecule has 24 heavy (non-hydrogen) atoms. The zero-order valence-corrected chi connectivity index (χ0v) is 15.3. The van der Waals surface area contributed by atoms with Crippen molar-refractivity contribution >= 4 is 21.8 Å². The summed E-state index contributed by atoms with van der Waals surface area (Å²) in [6, 6.07) is 9.22. The number of fused-ring (bicyclic) bond motifs is 1. The van der Waals surface area contributed by atoms with E-state index in [1.54, 1.807) is 32.3 Å². The highest BCUT2D eigenvalue weighted by Crippen LogP contribution is 2.37. The highest BCUT2D eigenvalue weighted by atomic mass is 79.9. The van der Waals surface area contributed by atoms with E-state index in [1.807, 2.05) is 24.3 Å². The Morgan fingerprint density at radius 1 is 1.04 bits per heavy atom. The Morgan fingerprint density at radius 3 is 2.46 bits per heavy atom. The lowest BCUT2D eigenvalue weighted by Gasteiger charge is -2.18. The van der Waals surface area contributed by atoms with Crippen LogP contribution in [0.1, 0.15) is 21.5 Å². The van der Waals surface area contributed by atoms with Gasteiger partial charge in [-0.15, -0.1) is 0 Å². The van der Waals surface area contributed by atoms with E-state index in [4.69, 9.17) is 14.2 Å². The Hall–Kier alpha value is -2.21. The van der Waals surface area contributed by atoms with Crippen molar-refractivity contribution in [2.24, 2.45) is 0 Å². The fraction of sp³-hybridized carbons (Fsp3) is 0.278. The van der Waals surface area contributed by atoms with Crippen molar-refractivity contribution < 1.29 is 19.0 Å². The first-order valence-corrected chi connectivity index (χ1v) is 8.24. The number of rotatable bonds is 5. The molecular formula is C18H18BrNO4. The van der Waals surface area contributed by atoms with Crippen LogP contribution in [0.15, 0.2) is 34.8 Å². The summed E-state index contributed by atoms with van der Waals surface area (Å²) >= 11 is 3.53. The zero-order valence-electron chi connectivity index (χ0n) is 13.8. The van der Waals surface area contributed by atoms with Crippen LogP contribution in [0.3, 0.4) is 0 Å². The van der Waals surface area contributed by atoms with Crippen molar-refractivity contribution in [2.75, 3.05) is 21.3 Å². The molecule has 0 fully saturated rings. The smallest absolute Gasteiger partial charge is 0.254 e. The number of halogens is 1. The summed E-state index contributed by atoms with van der Waals surface area (Å²) in [7, 11) is 4.84. The standard InChI is InChI=1S/C18H18BrNO4/c1-22-12-5-4-11(16(8-12)24-3)9-20-10-14-13(18(20)21)6-7-15(23-2)17(14)19/h4-8H,9-10H2,1-3H3. The second-order valence-electron chi connectivity index (χ2n) is 5.45. The fourth-order valence-corrected chi connectivity index (χ4v) is 3.49. The molecule has 0 unspecified atom stereocenters. The van der Waals surface area contributed by atoms with Gasteiger partial charge in [-0.1, -0.05) is 0 Å². The summed E-state index contributed by atoms with van der Waals surface area (Å²) in [4.78, 5) is 14.5. The minimum absolute atomic E-state index is 0.00576. The van der Waals surface area contributed by atoms with E-state index in [0.717, 1.165) is 27.1 Å². The predicted octanol–water partition coefficient (Wildman–Crippen LogP) is 3.63. The third-order valence-corrected chi connectivity index (χ3v) is 5.02. The number of nitrogens with zero attached hydrogens (tertiary/aromatic N) is 1. The van der Waals surface area contributed by atoms with Crippen molar-refractivity contribution in [3.8, 4) is 17.2 Å². The van der Waals surface area contributed by atoms with Crippen molar-refractivity contribution in [3.05, 3.63) is 51.5 Å². The lowest BCUT2D eigenvalue weighted by molar-refractivity contribution is 0.0765. The molecule has 0 atom stereocenters. The maximum atomic E-state index is 12.7. The molecule has 1 heterocycles. The molecular weight excluding hydrogens is 374 g/mol. The minimum Gasteiger partial charge on any atom is -0.497 e. The van der Waals surface area contributed by atoms with Crippen molar-refractivity contribution in [1.82, 2.24) is 4.90 Å². The van der Waals surface area contributed by atoms with Crippen LogP contribution >= 0.6 is 15.9 Å². The molecule has 0 aromatic heterocycles. The van der Waals surface area contributed by atoms with E-state index in [9.17, 15) is 4.79 Å². The predicted molar refractivity (Wildman–Crippen MR) is 93.8 cm³/mol. The monoisotopic (exact) mass is 391 g/mol. The molecule has 3 rings (SSSR count). The first-order chi connectivity index (χ1) is 11.6. The van der Waals surface area contributed by atoms with Gasteiger partial charge in [-0.25, -0.2) is 0 Å². The molecule has 1 aliphatic heterocycles. The Kier molecular flexibility index (Phi) is 4.66. The third kappa shape index (κ3) is 2.82. The molecule has 0 spiro atoms. The van der Waals surface area contributed by atoms with Gasteiger partial charge in [0.15, 0.2) is 0 Å². The maximum absolute atomic E-state index is 12.7. The average Bonchev–Trinajstić information content (AvgIpc) is 2.92. The zero-order chi connectivity index (χ0) is 17.3. The molecule has 2 aromatic carbocycles. The number of hydrogen-bond acceptors (Lipinski definition) is 4. The summed E-state index contributed by atoms with van der Waals surface area (Å²) in [6.07, 6.45) is 0. The van der Waals surface area contributed by atoms with E-state index in [-0.39, 0.29) is 5.91 Å². The molecule has 0 N–H and O–H groups in total. The van der Waals surface area contributed by atoms with Crippen LogP contribution in [0, 0.1) is 0 Å². The number of carbonyl (C=O) groups excluding carboxylic acids is 1. The van der Waals surface area contributed by atoms with Crippen LogP contribution in [-0.4, -0.2) is 32.1 Å². The van der Waals surface area contributed by atoms with E-state index in [1.165, 1.54) is 0 Å². The SMILES string of the molecule is COc1ccc(CN2Cc3c(ccc(OC)c3Br)C2=O)c(OC)c1. The van der Waals surface area contributed by atoms with Crippen molar-refractivity contribution in [3.63, 3.8) is 0 Å². The van der Waals surface area contributed by atoms with Gasteiger partial charge in [-0.2, -0.15) is 0 Å². The van der Waals surface area contributed by atoms with Crippen LogP contribution in [0.25, 0.3) is 0 Å². The summed E-state index contributed by atoms with van der Waals surface area (Å²) in [5.74, 6) is 2.16. The number of ether oxygens (including phenoxy) is 3. The van der Waals surface area contributed by atoms with Gasteiger partial charge in [-0.05, 0) is 40.2 Å². The highest BCUT2D eigenvalue weighted by molar-refractivity contribution is 9.10. The van der Waals surface area contributed by atoms with Gasteiger partial charge in [0.1, 0.15) is 17.2 Å². The van der Waals surface area contributed by atoms with Crippen molar-refractivity contribution in [1.29, 1.82) is 0 Å². The van der Waals surface area contributed by atoms with Crippen LogP contribution in [-0.2, 0) is 13.1 Å². The lowest BCUT2D eigenvalue weighted by Crippen LogP contribution is -2.23. The second kappa shape index (κ2) is 6.73. The average molecular weight is 392 g/mol. The molecule has 1 amide bonds. The van der Waals surface area contributed by atoms with Crippen LogP contribution in [0.2, 0.25) is 0 Å². The topological polar surface area (TPSA) is 48.0 Å². The molecule has 0 saturated heterocycles. The number of methoxy groups -OCH3 is 3. The lowest BCUT2D eigenvalue weighted by atomic mass is 10.1. The number of carbonyl (C=O) groups is 1. The highest BCUT2D eigenvalue weighted by Gasteiger charge is 2.30. The molecule has 6 heteroatoms. The summed E-state index contributed by atoms with van der Waals surface area (Å²) in [5, 5.41) is 0. The van der Waals surface area contributed by atoms with Crippen molar-refractivity contribution in [2.45, 2.75) is 13.1 Å². The Balaban J connectivity index is 1.88. The summed E-state index contributed by atoms with van der Waals surface area (Å²) < 4.78 is 16.8. The van der Waals surface area contributed by atoms with E-state index >= 15 is 0 Å². The number of hydrogen-bond donors (Lipinski definition) is 0. The molecule has 0 bridgehead atoms. The molecule has 0 saturated carbocycles. The Bertz CT molecular complexity index is 791. The minimum atomic E-state index is 0.00576. The van der Waals surface area contributed by atoms with Gasteiger partial charge in [0, 0.05) is 35.8 Å². The van der Waals surface area contributed by atoms with Gasteiger partial charge in [-0.3, -0.25) is 4.79 Å². The quantitative estimate of drug-likeness (QED) is 0.780. The summed E-state index contributed by atoms with van der Waals surface area (Å²) in [6.45, 7) is 0.997. The normalized spacial score (nSPS) is 13.0. The first kappa shape index (κ1) is 16.6. The van der Waals surface area contributed by atoms with E-state index in [2.05, 4.69) is 15.9 Å². The van der Waals surface area contributed by atoms with Gasteiger partial charge >= 0.3 is 0 Å². The van der Waals surface area contributed by atoms with Gasteiger partial charge in [0.25, 0.3) is 5.91 Å². The largest absolute Gasteiger partial charge is 0.497 e. The molecule has 0 aliphatic carbocycles. The van der Waals surface area contributed by atoms with E-state index in [0.29, 0.717) is 24.4 Å². The number of benzene rings is 2. The van der Waals surface area contributed by atoms with Gasteiger partial charge < -0.3 is 19.1 Å². The van der Waals surface area contributed by atoms with Gasteiger partial charge in [0.2, 0.25) is 0 Å². The summed E-state index contributed by atoms with van der Waals surface area (Å²) in [5.41, 5.74) is 2.59. The fourth-order valence-electron chi connectivity index (χ4n) is 2.86. The molecule has 2 aromatic rings. The number of amides is 1. The Labute approximate surface area is 149 Å². The maximum Gasteiger partial charge on any atom is 0.254 e. The van der Waals surface area contributed by atoms with Crippen LogP contribution in [0.5, 0.6) is 17.2 Å². The molecule has 1 aliphatic rings. The molecule has 126 valence electrons. The molecule has 5 nitrogen and oxygen atoms in total. The van der Waals surface area contributed by atoms with Crippen LogP contribution in [0.4, 0.5) is 0 Å². The second-order valence-corrected chi connectivity index (χ2v) is 6.24. The van der Waals surface area contributed by atoms with Crippen LogP contribution < -0.4 is 14.2 Å². The van der Waals surface area contributed by atoms with Gasteiger partial charge in [0.05, 0.1) is 25.8 Å². The third-order valence-electron chi connectivity index (χ3n) is 4.15. The Morgan fingerprint density at radius 2 is 1.79 bits per heavy atom.